The molecule has 0 aromatic heterocycles. The molecule has 0 spiro atoms. The molecule has 0 aromatic carbocycles. The highest BCUT2D eigenvalue weighted by molar-refractivity contribution is 5.78. The summed E-state index contributed by atoms with van der Waals surface area (Å²) in [7, 11) is 0. The van der Waals surface area contributed by atoms with Crippen molar-refractivity contribution in [2.24, 2.45) is 17.8 Å². The SMILES string of the molecule is CCCCCC(=O)CC1C(C=C(C)C)OCC(C)C1C. The summed E-state index contributed by atoms with van der Waals surface area (Å²) in [4.78, 5) is 12.2. The first-order valence-electron chi connectivity index (χ1n) is 8.24. The fraction of sp³-hybridized carbons (Fsp3) is 0.833. The van der Waals surface area contributed by atoms with Gasteiger partial charge in [0.15, 0.2) is 0 Å². The molecule has 0 N–H and O–H groups in total. The van der Waals surface area contributed by atoms with E-state index < -0.39 is 0 Å². The number of rotatable bonds is 7. The number of hydrogen-bond donors (Lipinski definition) is 0. The molecule has 1 aliphatic heterocycles. The van der Waals surface area contributed by atoms with Gasteiger partial charge in [0.05, 0.1) is 12.7 Å². The van der Waals surface area contributed by atoms with E-state index >= 15 is 0 Å². The van der Waals surface area contributed by atoms with Gasteiger partial charge in [-0.3, -0.25) is 4.79 Å². The van der Waals surface area contributed by atoms with Crippen LogP contribution in [0.25, 0.3) is 0 Å². The Morgan fingerprint density at radius 3 is 2.55 bits per heavy atom. The molecule has 1 saturated heterocycles. The largest absolute Gasteiger partial charge is 0.374 e. The minimum absolute atomic E-state index is 0.126. The van der Waals surface area contributed by atoms with Crippen molar-refractivity contribution in [3.8, 4) is 0 Å². The Morgan fingerprint density at radius 1 is 1.25 bits per heavy atom. The smallest absolute Gasteiger partial charge is 0.133 e. The zero-order chi connectivity index (χ0) is 15.1. The zero-order valence-corrected chi connectivity index (χ0v) is 13.9. The van der Waals surface area contributed by atoms with Crippen LogP contribution in [0.5, 0.6) is 0 Å². The second-order valence-electron chi connectivity index (χ2n) is 6.74. The van der Waals surface area contributed by atoms with Gasteiger partial charge in [-0.2, -0.15) is 0 Å². The van der Waals surface area contributed by atoms with Crippen LogP contribution in [-0.4, -0.2) is 18.5 Å². The number of ether oxygens (including phenoxy) is 1. The third-order valence-corrected chi connectivity index (χ3v) is 4.57. The van der Waals surface area contributed by atoms with Crippen molar-refractivity contribution in [2.45, 2.75) is 72.8 Å². The second-order valence-corrected chi connectivity index (χ2v) is 6.74. The number of unbranched alkanes of at least 4 members (excludes halogenated alkanes) is 2. The third kappa shape index (κ3) is 5.40. The summed E-state index contributed by atoms with van der Waals surface area (Å²) in [6.45, 7) is 11.7. The van der Waals surface area contributed by atoms with E-state index in [0.717, 1.165) is 25.9 Å². The Kier molecular flexibility index (Phi) is 7.50. The van der Waals surface area contributed by atoms with Crippen LogP contribution in [0.15, 0.2) is 11.6 Å². The first-order valence-corrected chi connectivity index (χ1v) is 8.24. The topological polar surface area (TPSA) is 26.3 Å². The Labute approximate surface area is 125 Å². The zero-order valence-electron chi connectivity index (χ0n) is 13.9. The van der Waals surface area contributed by atoms with E-state index in [4.69, 9.17) is 4.74 Å². The van der Waals surface area contributed by atoms with Crippen LogP contribution in [0.3, 0.4) is 0 Å². The highest BCUT2D eigenvalue weighted by Crippen LogP contribution is 2.35. The van der Waals surface area contributed by atoms with E-state index in [1.165, 1.54) is 12.0 Å². The fourth-order valence-corrected chi connectivity index (χ4v) is 3.00. The molecule has 0 radical (unpaired) electrons. The maximum atomic E-state index is 12.2. The highest BCUT2D eigenvalue weighted by Gasteiger charge is 2.35. The average Bonchev–Trinajstić information content (AvgIpc) is 2.38. The molecule has 4 atom stereocenters. The Hall–Kier alpha value is -0.630. The van der Waals surface area contributed by atoms with E-state index in [-0.39, 0.29) is 6.10 Å². The van der Waals surface area contributed by atoms with Crippen molar-refractivity contribution >= 4 is 5.78 Å². The molecule has 1 rings (SSSR count). The van der Waals surface area contributed by atoms with Crippen molar-refractivity contribution in [3.63, 3.8) is 0 Å². The van der Waals surface area contributed by atoms with Crippen LogP contribution in [0.4, 0.5) is 0 Å². The van der Waals surface area contributed by atoms with Gasteiger partial charge in [0, 0.05) is 12.8 Å². The van der Waals surface area contributed by atoms with E-state index in [1.54, 1.807) is 0 Å². The third-order valence-electron chi connectivity index (χ3n) is 4.57. The first-order chi connectivity index (χ1) is 9.45. The van der Waals surface area contributed by atoms with E-state index in [1.807, 2.05) is 0 Å². The minimum atomic E-state index is 0.126. The molecule has 0 saturated carbocycles. The summed E-state index contributed by atoms with van der Waals surface area (Å²) < 4.78 is 5.98. The maximum Gasteiger partial charge on any atom is 0.133 e. The van der Waals surface area contributed by atoms with Gasteiger partial charge in [-0.05, 0) is 38.0 Å². The first kappa shape index (κ1) is 17.4. The van der Waals surface area contributed by atoms with Gasteiger partial charge in [0.1, 0.15) is 5.78 Å². The van der Waals surface area contributed by atoms with Gasteiger partial charge in [-0.1, -0.05) is 45.3 Å². The van der Waals surface area contributed by atoms with Gasteiger partial charge in [0.25, 0.3) is 0 Å². The quantitative estimate of drug-likeness (QED) is 0.495. The van der Waals surface area contributed by atoms with Gasteiger partial charge in [0.2, 0.25) is 0 Å². The lowest BCUT2D eigenvalue weighted by Gasteiger charge is -2.39. The Bertz CT molecular complexity index is 328. The highest BCUT2D eigenvalue weighted by atomic mass is 16.5. The molecular formula is C18H32O2. The van der Waals surface area contributed by atoms with Crippen molar-refractivity contribution in [3.05, 3.63) is 11.6 Å². The van der Waals surface area contributed by atoms with Crippen molar-refractivity contribution < 1.29 is 9.53 Å². The molecule has 0 aliphatic carbocycles. The molecule has 20 heavy (non-hydrogen) atoms. The number of ketones is 1. The van der Waals surface area contributed by atoms with Crippen LogP contribution in [0.1, 0.15) is 66.7 Å². The Morgan fingerprint density at radius 2 is 1.95 bits per heavy atom. The summed E-state index contributed by atoms with van der Waals surface area (Å²) in [5.41, 5.74) is 1.28. The lowest BCUT2D eigenvalue weighted by Crippen LogP contribution is -2.40. The summed E-state index contributed by atoms with van der Waals surface area (Å²) in [6.07, 6.45) is 7.13. The molecule has 1 heterocycles. The lowest BCUT2D eigenvalue weighted by atomic mass is 9.75. The van der Waals surface area contributed by atoms with Crippen LogP contribution in [0, 0.1) is 17.8 Å². The van der Waals surface area contributed by atoms with Gasteiger partial charge in [-0.25, -0.2) is 0 Å². The van der Waals surface area contributed by atoms with Crippen LogP contribution < -0.4 is 0 Å². The summed E-state index contributed by atoms with van der Waals surface area (Å²) in [6, 6.07) is 0. The molecule has 1 aliphatic rings. The van der Waals surface area contributed by atoms with Crippen molar-refractivity contribution in [1.29, 1.82) is 0 Å². The molecule has 0 bridgehead atoms. The molecule has 0 aromatic rings. The molecule has 0 amide bonds. The number of carbonyl (C=O) groups excluding carboxylic acids is 1. The van der Waals surface area contributed by atoms with Gasteiger partial charge in [-0.15, -0.1) is 0 Å². The predicted molar refractivity (Wildman–Crippen MR) is 84.8 cm³/mol. The average molecular weight is 280 g/mol. The molecule has 2 nitrogen and oxygen atoms in total. The molecular weight excluding hydrogens is 248 g/mol. The number of hydrogen-bond acceptors (Lipinski definition) is 2. The normalized spacial score (nSPS) is 30.1. The second kappa shape index (κ2) is 8.61. The molecule has 4 unspecified atom stereocenters. The predicted octanol–water partition coefficient (Wildman–Crippen LogP) is 4.78. The van der Waals surface area contributed by atoms with E-state index in [0.29, 0.717) is 30.0 Å². The minimum Gasteiger partial charge on any atom is -0.374 e. The molecule has 116 valence electrons. The maximum absolute atomic E-state index is 12.2. The van der Waals surface area contributed by atoms with Crippen LogP contribution >= 0.6 is 0 Å². The summed E-state index contributed by atoms with van der Waals surface area (Å²) >= 11 is 0. The lowest BCUT2D eigenvalue weighted by molar-refractivity contribution is -0.125. The van der Waals surface area contributed by atoms with Crippen LogP contribution in [0.2, 0.25) is 0 Å². The van der Waals surface area contributed by atoms with E-state index in [9.17, 15) is 4.79 Å². The van der Waals surface area contributed by atoms with Gasteiger partial charge >= 0.3 is 0 Å². The standard InChI is InChI=1S/C18H32O2/c1-6-7-8-9-16(19)11-17-15(5)14(4)12-20-18(17)10-13(2)3/h10,14-15,17-18H,6-9,11-12H2,1-5H3. The fourth-order valence-electron chi connectivity index (χ4n) is 3.00. The molecule has 2 heteroatoms. The summed E-state index contributed by atoms with van der Waals surface area (Å²) in [5, 5.41) is 0. The van der Waals surface area contributed by atoms with Crippen molar-refractivity contribution in [1.82, 2.24) is 0 Å². The summed E-state index contributed by atoms with van der Waals surface area (Å²) in [5.74, 6) is 1.87. The van der Waals surface area contributed by atoms with Gasteiger partial charge < -0.3 is 4.74 Å². The van der Waals surface area contributed by atoms with E-state index in [2.05, 4.69) is 40.7 Å². The number of carbonyl (C=O) groups is 1. The number of allylic oxidation sites excluding steroid dienone is 1. The number of Topliss-reactive ketones (excluding diaryl/α,β-unsaturated/α-hetero) is 1. The van der Waals surface area contributed by atoms with Crippen LogP contribution in [-0.2, 0) is 9.53 Å². The van der Waals surface area contributed by atoms with Crippen molar-refractivity contribution in [2.75, 3.05) is 6.61 Å². The monoisotopic (exact) mass is 280 g/mol. The molecule has 1 fully saturated rings. The Balaban J connectivity index is 2.63.